The molecule has 4 rings (SSSR count). The fourth-order valence-electron chi connectivity index (χ4n) is 3.69. The molecule has 0 bridgehead atoms. The monoisotopic (exact) mass is 574 g/mol. The molecule has 182 valence electrons. The lowest BCUT2D eigenvalue weighted by Crippen LogP contribution is -2.21. The van der Waals surface area contributed by atoms with Crippen molar-refractivity contribution in [2.45, 2.75) is 19.0 Å². The van der Waals surface area contributed by atoms with Gasteiger partial charge in [-0.25, -0.2) is 8.78 Å². The van der Waals surface area contributed by atoms with Crippen molar-refractivity contribution in [2.24, 2.45) is 0 Å². The van der Waals surface area contributed by atoms with E-state index >= 15 is 0 Å². The molecule has 0 saturated heterocycles. The third kappa shape index (κ3) is 5.63. The summed E-state index contributed by atoms with van der Waals surface area (Å²) < 4.78 is 69.1. The van der Waals surface area contributed by atoms with Crippen LogP contribution in [0.15, 0.2) is 53.0 Å². The van der Waals surface area contributed by atoms with E-state index in [0.29, 0.717) is 4.47 Å². The summed E-state index contributed by atoms with van der Waals surface area (Å²) in [5.74, 6) is -2.90. The predicted octanol–water partition coefficient (Wildman–Crippen LogP) is 6.50. The fourth-order valence-corrected chi connectivity index (χ4v) is 4.38. The van der Waals surface area contributed by atoms with E-state index in [9.17, 15) is 31.5 Å². The largest absolute Gasteiger partial charge is 0.522 e. The van der Waals surface area contributed by atoms with Crippen molar-refractivity contribution in [3.05, 3.63) is 97.5 Å². The first-order chi connectivity index (χ1) is 16.4. The summed E-state index contributed by atoms with van der Waals surface area (Å²) in [5.41, 5.74) is 0.342. The number of anilines is 1. The predicted molar refractivity (Wildman–Crippen MR) is 120 cm³/mol. The van der Waals surface area contributed by atoms with Crippen molar-refractivity contribution in [2.75, 3.05) is 5.32 Å². The van der Waals surface area contributed by atoms with Crippen molar-refractivity contribution in [3.8, 4) is 0 Å². The van der Waals surface area contributed by atoms with E-state index in [0.717, 1.165) is 30.3 Å². The van der Waals surface area contributed by atoms with Gasteiger partial charge in [0.2, 0.25) is 0 Å². The Balaban J connectivity index is 1.70. The first-order valence-electron chi connectivity index (χ1n) is 9.82. The van der Waals surface area contributed by atoms with Crippen LogP contribution < -0.4 is 10.6 Å². The van der Waals surface area contributed by atoms with Crippen LogP contribution in [0.5, 0.6) is 0 Å². The highest BCUT2D eigenvalue weighted by Gasteiger charge is 2.35. The van der Waals surface area contributed by atoms with E-state index in [4.69, 9.17) is 11.6 Å². The van der Waals surface area contributed by atoms with Crippen molar-refractivity contribution in [3.63, 3.8) is 0 Å². The number of halogens is 7. The van der Waals surface area contributed by atoms with Crippen LogP contribution >= 0.6 is 27.5 Å². The van der Waals surface area contributed by atoms with Gasteiger partial charge in [-0.05, 0) is 54.1 Å². The molecule has 2 N–H and O–H groups in total. The molecule has 0 radical (unpaired) electrons. The van der Waals surface area contributed by atoms with Crippen LogP contribution in [0.25, 0.3) is 0 Å². The average molecular weight is 576 g/mol. The van der Waals surface area contributed by atoms with Crippen LogP contribution in [0.4, 0.5) is 27.6 Å². The molecule has 3 aromatic rings. The minimum atomic E-state index is -4.93. The Labute approximate surface area is 208 Å². The maximum absolute atomic E-state index is 14.0. The third-order valence-corrected chi connectivity index (χ3v) is 5.90. The number of benzene rings is 3. The number of fused-ring (bicyclic) bond motifs is 1. The van der Waals surface area contributed by atoms with Crippen molar-refractivity contribution in [1.29, 1.82) is 0 Å². The Morgan fingerprint density at radius 1 is 1.09 bits per heavy atom. The number of alkyl halides is 3. The fraction of sp³-hybridized carbons (Fsp3) is 0.130. The lowest BCUT2D eigenvalue weighted by atomic mass is 9.96. The van der Waals surface area contributed by atoms with Crippen LogP contribution in [0.3, 0.4) is 0 Å². The minimum Gasteiger partial charge on any atom is -0.341 e. The van der Waals surface area contributed by atoms with Gasteiger partial charge in [-0.3, -0.25) is 14.3 Å². The van der Waals surface area contributed by atoms with Crippen molar-refractivity contribution >= 4 is 45.0 Å². The highest BCUT2D eigenvalue weighted by molar-refractivity contribution is 9.10. The first kappa shape index (κ1) is 25.1. The lowest BCUT2D eigenvalue weighted by molar-refractivity contribution is -0.330. The Morgan fingerprint density at radius 3 is 2.54 bits per heavy atom. The van der Waals surface area contributed by atoms with Gasteiger partial charge in [0.25, 0.3) is 11.8 Å². The standard InChI is InChI=1S/C23H13BrClF5N2O3/c24-12-6-16-19(20(32-22(16)34)15-8-13(26)1-2-17(15)25)18(7-12)31-21(33)11-3-10(4-14(27)5-11)9-35-23(28,29)30/h1-8,20H,9H2,(H,31,33)(H,32,34). The number of carbonyl (C=O) groups excluding carboxylic acids is 2. The minimum absolute atomic E-state index is 0.125. The van der Waals surface area contributed by atoms with Gasteiger partial charge >= 0.3 is 6.36 Å². The number of carbonyl (C=O) groups is 2. The molecule has 3 aromatic carbocycles. The Bertz CT molecular complexity index is 1350. The van der Waals surface area contributed by atoms with Gasteiger partial charge in [0, 0.05) is 37.4 Å². The van der Waals surface area contributed by atoms with Gasteiger partial charge in [0.05, 0.1) is 12.6 Å². The summed E-state index contributed by atoms with van der Waals surface area (Å²) in [6.45, 7) is -0.994. The van der Waals surface area contributed by atoms with Crippen LogP contribution in [-0.2, 0) is 11.3 Å². The molecule has 1 aliphatic heterocycles. The third-order valence-electron chi connectivity index (χ3n) is 5.09. The molecule has 0 aliphatic carbocycles. The molecular weight excluding hydrogens is 563 g/mol. The second-order valence-electron chi connectivity index (χ2n) is 7.52. The van der Waals surface area contributed by atoms with Crippen molar-refractivity contribution in [1.82, 2.24) is 5.32 Å². The lowest BCUT2D eigenvalue weighted by Gasteiger charge is -2.18. The molecule has 1 atom stereocenters. The maximum atomic E-state index is 14.0. The van der Waals surface area contributed by atoms with Gasteiger partial charge in [0.1, 0.15) is 11.6 Å². The van der Waals surface area contributed by atoms with Gasteiger partial charge in [-0.2, -0.15) is 0 Å². The topological polar surface area (TPSA) is 67.4 Å². The molecule has 0 spiro atoms. The second-order valence-corrected chi connectivity index (χ2v) is 8.85. The molecule has 12 heteroatoms. The van der Waals surface area contributed by atoms with Crippen LogP contribution in [0.2, 0.25) is 5.02 Å². The Hall–Kier alpha value is -3.02. The normalized spacial score (nSPS) is 15.1. The number of hydrogen-bond acceptors (Lipinski definition) is 3. The summed E-state index contributed by atoms with van der Waals surface area (Å²) in [6.07, 6.45) is -4.93. The summed E-state index contributed by atoms with van der Waals surface area (Å²) in [6, 6.07) is 8.39. The van der Waals surface area contributed by atoms with E-state index < -0.39 is 42.5 Å². The van der Waals surface area contributed by atoms with E-state index in [1.54, 1.807) is 0 Å². The van der Waals surface area contributed by atoms with Crippen LogP contribution in [-0.4, -0.2) is 18.2 Å². The SMILES string of the molecule is O=C(Nc1cc(Br)cc2c1C(c1cc(F)ccc1Cl)NC2=O)c1cc(F)cc(COC(F)(F)F)c1. The summed E-state index contributed by atoms with van der Waals surface area (Å²) in [7, 11) is 0. The quantitative estimate of drug-likeness (QED) is 0.341. The van der Waals surface area contributed by atoms with Gasteiger partial charge in [-0.1, -0.05) is 27.5 Å². The zero-order valence-corrected chi connectivity index (χ0v) is 19.6. The molecule has 0 aromatic heterocycles. The smallest absolute Gasteiger partial charge is 0.341 e. The van der Waals surface area contributed by atoms with Gasteiger partial charge < -0.3 is 10.6 Å². The van der Waals surface area contributed by atoms with E-state index in [1.165, 1.54) is 18.2 Å². The molecular formula is C23H13BrClF5N2O3. The van der Waals surface area contributed by atoms with Crippen LogP contribution in [0, 0.1) is 11.6 Å². The highest BCUT2D eigenvalue weighted by Crippen LogP contribution is 2.41. The number of ether oxygens (including phenoxy) is 1. The van der Waals surface area contributed by atoms with Gasteiger partial charge in [0.15, 0.2) is 0 Å². The van der Waals surface area contributed by atoms with E-state index in [1.807, 2.05) is 0 Å². The Kier molecular flexibility index (Phi) is 6.85. The number of amides is 2. The first-order valence-corrected chi connectivity index (χ1v) is 11.0. The maximum Gasteiger partial charge on any atom is 0.522 e. The second kappa shape index (κ2) is 9.56. The number of rotatable bonds is 5. The molecule has 0 saturated carbocycles. The average Bonchev–Trinajstić information content (AvgIpc) is 3.09. The Morgan fingerprint density at radius 2 is 1.83 bits per heavy atom. The zero-order chi connectivity index (χ0) is 25.5. The molecule has 1 unspecified atom stereocenters. The summed E-state index contributed by atoms with van der Waals surface area (Å²) in [5, 5.41) is 5.41. The summed E-state index contributed by atoms with van der Waals surface area (Å²) >= 11 is 9.48. The molecule has 35 heavy (non-hydrogen) atoms. The van der Waals surface area contributed by atoms with Gasteiger partial charge in [-0.15, -0.1) is 13.2 Å². The highest BCUT2D eigenvalue weighted by atomic mass is 79.9. The summed E-state index contributed by atoms with van der Waals surface area (Å²) in [4.78, 5) is 25.5. The number of hydrogen-bond donors (Lipinski definition) is 2. The molecule has 0 fully saturated rings. The molecule has 5 nitrogen and oxygen atoms in total. The van der Waals surface area contributed by atoms with Crippen LogP contribution in [0.1, 0.15) is 43.4 Å². The molecule has 1 heterocycles. The zero-order valence-electron chi connectivity index (χ0n) is 17.3. The molecule has 2 amide bonds. The number of nitrogens with one attached hydrogen (secondary N) is 2. The van der Waals surface area contributed by atoms with Crippen molar-refractivity contribution < 1.29 is 36.3 Å². The van der Waals surface area contributed by atoms with E-state index in [-0.39, 0.29) is 38.5 Å². The van der Waals surface area contributed by atoms with E-state index in [2.05, 4.69) is 31.3 Å². The molecule has 1 aliphatic rings.